The fourth-order valence-electron chi connectivity index (χ4n) is 1.68. The number of hydrogen-bond donors (Lipinski definition) is 2. The average molecular weight is 199 g/mol. The zero-order chi connectivity index (χ0) is 10.6. The first kappa shape index (κ1) is 11.5. The van der Waals surface area contributed by atoms with Gasteiger partial charge in [-0.1, -0.05) is 0 Å². The van der Waals surface area contributed by atoms with Gasteiger partial charge in [-0.15, -0.1) is 0 Å². The van der Waals surface area contributed by atoms with Crippen LogP contribution in [0, 0.1) is 0 Å². The van der Waals surface area contributed by atoms with Crippen LogP contribution in [0.2, 0.25) is 0 Å². The molecule has 1 fully saturated rings. The molecule has 3 N–H and O–H groups in total. The summed E-state index contributed by atoms with van der Waals surface area (Å²) in [5.41, 5.74) is 5.97. The van der Waals surface area contributed by atoms with E-state index in [1.807, 2.05) is 6.92 Å². The quantitative estimate of drug-likeness (QED) is 0.669. The zero-order valence-electron chi connectivity index (χ0n) is 9.18. The highest BCUT2D eigenvalue weighted by Gasteiger charge is 2.26. The number of likely N-dealkylation sites (tertiary alicyclic amines) is 1. The van der Waals surface area contributed by atoms with Gasteiger partial charge in [0.1, 0.15) is 0 Å². The van der Waals surface area contributed by atoms with Crippen LogP contribution in [0.5, 0.6) is 0 Å². The molecule has 1 heterocycles. The minimum absolute atomic E-state index is 0.0300. The van der Waals surface area contributed by atoms with Crippen molar-refractivity contribution in [2.24, 2.45) is 5.73 Å². The third-order valence-electron chi connectivity index (χ3n) is 2.74. The summed E-state index contributed by atoms with van der Waals surface area (Å²) in [7, 11) is 0. The van der Waals surface area contributed by atoms with Gasteiger partial charge in [-0.25, -0.2) is 0 Å². The minimum Gasteiger partial charge on any atom is -0.355 e. The summed E-state index contributed by atoms with van der Waals surface area (Å²) in [5, 5.41) is 2.80. The van der Waals surface area contributed by atoms with E-state index in [4.69, 9.17) is 5.73 Å². The van der Waals surface area contributed by atoms with Crippen LogP contribution in [-0.4, -0.2) is 42.5 Å². The molecule has 0 unspecified atom stereocenters. The van der Waals surface area contributed by atoms with Gasteiger partial charge in [0.25, 0.3) is 0 Å². The summed E-state index contributed by atoms with van der Waals surface area (Å²) >= 11 is 0. The lowest BCUT2D eigenvalue weighted by Crippen LogP contribution is -2.50. The van der Waals surface area contributed by atoms with Gasteiger partial charge in [0.15, 0.2) is 0 Å². The van der Waals surface area contributed by atoms with E-state index in [2.05, 4.69) is 17.1 Å². The fraction of sp³-hybridized carbons (Fsp3) is 0.900. The Labute approximate surface area is 85.8 Å². The molecule has 1 rings (SSSR count). The van der Waals surface area contributed by atoms with Gasteiger partial charge in [-0.3, -0.25) is 9.69 Å². The first-order valence-electron chi connectivity index (χ1n) is 5.31. The molecule has 0 radical (unpaired) electrons. The molecule has 0 aromatic rings. The highest BCUT2D eigenvalue weighted by atomic mass is 16.2. The van der Waals surface area contributed by atoms with Crippen LogP contribution in [0.15, 0.2) is 0 Å². The Hall–Kier alpha value is -0.610. The SMILES string of the molecule is CCNC(=O)CN1CCC(C)(N)CC1. The second-order valence-corrected chi connectivity index (χ2v) is 4.38. The van der Waals surface area contributed by atoms with E-state index in [0.717, 1.165) is 25.9 Å². The smallest absolute Gasteiger partial charge is 0.234 e. The molecular formula is C10H21N3O. The number of nitrogens with one attached hydrogen (secondary N) is 1. The molecule has 0 aliphatic carbocycles. The lowest BCUT2D eigenvalue weighted by Gasteiger charge is -2.36. The monoisotopic (exact) mass is 199 g/mol. The number of rotatable bonds is 3. The van der Waals surface area contributed by atoms with Crippen LogP contribution in [0.25, 0.3) is 0 Å². The Morgan fingerprint density at radius 1 is 1.50 bits per heavy atom. The first-order chi connectivity index (χ1) is 6.53. The molecule has 0 spiro atoms. The molecule has 0 saturated carbocycles. The highest BCUT2D eigenvalue weighted by Crippen LogP contribution is 2.17. The number of carbonyl (C=O) groups excluding carboxylic acids is 1. The van der Waals surface area contributed by atoms with Crippen LogP contribution >= 0.6 is 0 Å². The van der Waals surface area contributed by atoms with E-state index in [-0.39, 0.29) is 11.4 Å². The Morgan fingerprint density at radius 3 is 2.57 bits per heavy atom. The van der Waals surface area contributed by atoms with Crippen LogP contribution in [0.4, 0.5) is 0 Å². The first-order valence-corrected chi connectivity index (χ1v) is 5.31. The van der Waals surface area contributed by atoms with Crippen molar-refractivity contribution in [3.63, 3.8) is 0 Å². The molecular weight excluding hydrogens is 178 g/mol. The van der Waals surface area contributed by atoms with Crippen molar-refractivity contribution < 1.29 is 4.79 Å². The minimum atomic E-state index is -0.0300. The molecule has 82 valence electrons. The normalized spacial score (nSPS) is 21.9. The fourth-order valence-corrected chi connectivity index (χ4v) is 1.68. The van der Waals surface area contributed by atoms with Gasteiger partial charge in [-0.05, 0) is 26.7 Å². The van der Waals surface area contributed by atoms with Gasteiger partial charge in [-0.2, -0.15) is 0 Å². The average Bonchev–Trinajstić information content (AvgIpc) is 2.09. The predicted octanol–water partition coefficient (Wildman–Crippen LogP) is -0.0643. The van der Waals surface area contributed by atoms with Crippen molar-refractivity contribution in [2.45, 2.75) is 32.2 Å². The van der Waals surface area contributed by atoms with E-state index < -0.39 is 0 Å². The molecule has 1 aliphatic rings. The highest BCUT2D eigenvalue weighted by molar-refractivity contribution is 5.77. The molecule has 0 aromatic heterocycles. The van der Waals surface area contributed by atoms with Crippen molar-refractivity contribution >= 4 is 5.91 Å². The van der Waals surface area contributed by atoms with E-state index in [1.54, 1.807) is 0 Å². The van der Waals surface area contributed by atoms with Gasteiger partial charge in [0.05, 0.1) is 6.54 Å². The second-order valence-electron chi connectivity index (χ2n) is 4.38. The number of nitrogens with two attached hydrogens (primary N) is 1. The zero-order valence-corrected chi connectivity index (χ0v) is 9.18. The Bertz CT molecular complexity index is 194. The summed E-state index contributed by atoms with van der Waals surface area (Å²) in [6, 6.07) is 0. The number of amides is 1. The third kappa shape index (κ3) is 3.64. The Morgan fingerprint density at radius 2 is 2.07 bits per heavy atom. The number of likely N-dealkylation sites (N-methyl/N-ethyl adjacent to an activating group) is 1. The van der Waals surface area contributed by atoms with Crippen molar-refractivity contribution in [1.82, 2.24) is 10.2 Å². The lowest BCUT2D eigenvalue weighted by atomic mass is 9.91. The third-order valence-corrected chi connectivity index (χ3v) is 2.74. The molecule has 1 amide bonds. The predicted molar refractivity (Wildman–Crippen MR) is 57.0 cm³/mol. The van der Waals surface area contributed by atoms with Gasteiger partial charge < -0.3 is 11.1 Å². The van der Waals surface area contributed by atoms with Crippen molar-refractivity contribution in [3.05, 3.63) is 0 Å². The molecule has 4 heteroatoms. The van der Waals surface area contributed by atoms with Crippen LogP contribution < -0.4 is 11.1 Å². The number of nitrogens with zero attached hydrogens (tertiary/aromatic N) is 1. The van der Waals surface area contributed by atoms with Crippen molar-refractivity contribution in [3.8, 4) is 0 Å². The molecule has 1 saturated heterocycles. The van der Waals surface area contributed by atoms with Crippen molar-refractivity contribution in [1.29, 1.82) is 0 Å². The Balaban J connectivity index is 2.25. The number of carbonyl (C=O) groups is 1. The molecule has 14 heavy (non-hydrogen) atoms. The topological polar surface area (TPSA) is 58.4 Å². The molecule has 1 aliphatic heterocycles. The number of piperidine rings is 1. The van der Waals surface area contributed by atoms with Crippen molar-refractivity contribution in [2.75, 3.05) is 26.2 Å². The maximum absolute atomic E-state index is 11.3. The lowest BCUT2D eigenvalue weighted by molar-refractivity contribution is -0.122. The van der Waals surface area contributed by atoms with E-state index in [1.165, 1.54) is 0 Å². The summed E-state index contributed by atoms with van der Waals surface area (Å²) < 4.78 is 0. The summed E-state index contributed by atoms with van der Waals surface area (Å²) in [6.45, 7) is 7.11. The van der Waals surface area contributed by atoms with E-state index >= 15 is 0 Å². The molecule has 4 nitrogen and oxygen atoms in total. The van der Waals surface area contributed by atoms with Crippen LogP contribution in [0.3, 0.4) is 0 Å². The molecule has 0 atom stereocenters. The van der Waals surface area contributed by atoms with E-state index in [0.29, 0.717) is 13.1 Å². The van der Waals surface area contributed by atoms with Gasteiger partial charge >= 0.3 is 0 Å². The maximum atomic E-state index is 11.3. The van der Waals surface area contributed by atoms with Gasteiger partial charge in [0, 0.05) is 25.2 Å². The maximum Gasteiger partial charge on any atom is 0.234 e. The summed E-state index contributed by atoms with van der Waals surface area (Å²) in [4.78, 5) is 13.5. The number of hydrogen-bond acceptors (Lipinski definition) is 3. The second kappa shape index (κ2) is 4.75. The molecule has 0 aromatic carbocycles. The Kier molecular flexibility index (Phi) is 3.89. The van der Waals surface area contributed by atoms with E-state index in [9.17, 15) is 4.79 Å². The van der Waals surface area contributed by atoms with Crippen LogP contribution in [-0.2, 0) is 4.79 Å². The largest absolute Gasteiger partial charge is 0.355 e. The molecule has 0 bridgehead atoms. The van der Waals surface area contributed by atoms with Gasteiger partial charge in [0.2, 0.25) is 5.91 Å². The van der Waals surface area contributed by atoms with Crippen LogP contribution in [0.1, 0.15) is 26.7 Å². The summed E-state index contributed by atoms with van der Waals surface area (Å²) in [5.74, 6) is 0.119. The summed E-state index contributed by atoms with van der Waals surface area (Å²) in [6.07, 6.45) is 1.96. The standard InChI is InChI=1S/C10H21N3O/c1-3-12-9(14)8-13-6-4-10(2,11)5-7-13/h3-8,11H2,1-2H3,(H,12,14).